The van der Waals surface area contributed by atoms with Gasteiger partial charge in [0.2, 0.25) is 0 Å². The summed E-state index contributed by atoms with van der Waals surface area (Å²) in [4.78, 5) is 0. The van der Waals surface area contributed by atoms with Crippen LogP contribution in [0.1, 0.15) is 56.8 Å². The van der Waals surface area contributed by atoms with Gasteiger partial charge in [0.1, 0.15) is 0 Å². The molecule has 0 aliphatic heterocycles. The van der Waals surface area contributed by atoms with Crippen LogP contribution in [0.4, 0.5) is 13.2 Å². The SMILES string of the molecule is CC[Si](CC)(CC)OCCCc1c(C(C)N)cccc1C(F)(F)F. The van der Waals surface area contributed by atoms with Crippen LogP contribution in [-0.4, -0.2) is 14.9 Å². The Labute approximate surface area is 144 Å². The van der Waals surface area contributed by atoms with Crippen LogP contribution < -0.4 is 5.73 Å². The van der Waals surface area contributed by atoms with Crippen LogP contribution in [0.25, 0.3) is 0 Å². The molecule has 138 valence electrons. The summed E-state index contributed by atoms with van der Waals surface area (Å²) in [6.45, 7) is 8.68. The van der Waals surface area contributed by atoms with Crippen molar-refractivity contribution in [3.05, 3.63) is 34.9 Å². The molecule has 0 saturated heterocycles. The van der Waals surface area contributed by atoms with Gasteiger partial charge in [-0.3, -0.25) is 0 Å². The number of benzene rings is 1. The molecule has 1 unspecified atom stereocenters. The van der Waals surface area contributed by atoms with Crippen molar-refractivity contribution in [2.75, 3.05) is 6.61 Å². The normalized spacial score (nSPS) is 14.0. The lowest BCUT2D eigenvalue weighted by molar-refractivity contribution is -0.138. The van der Waals surface area contributed by atoms with Crippen molar-refractivity contribution in [1.82, 2.24) is 0 Å². The van der Waals surface area contributed by atoms with Gasteiger partial charge in [0, 0.05) is 12.6 Å². The zero-order valence-corrected chi connectivity index (χ0v) is 16.2. The van der Waals surface area contributed by atoms with Gasteiger partial charge < -0.3 is 10.2 Å². The van der Waals surface area contributed by atoms with Crippen LogP contribution in [0.5, 0.6) is 0 Å². The Balaban J connectivity index is 2.87. The Morgan fingerprint density at radius 3 is 2.17 bits per heavy atom. The van der Waals surface area contributed by atoms with E-state index in [0.717, 1.165) is 24.2 Å². The molecule has 1 atom stereocenters. The lowest BCUT2D eigenvalue weighted by atomic mass is 9.93. The molecule has 0 aliphatic carbocycles. The molecule has 1 rings (SSSR count). The fraction of sp³-hybridized carbons (Fsp3) is 0.667. The van der Waals surface area contributed by atoms with E-state index in [2.05, 4.69) is 20.8 Å². The quantitative estimate of drug-likeness (QED) is 0.454. The molecule has 0 radical (unpaired) electrons. The second-order valence-corrected chi connectivity index (χ2v) is 11.1. The monoisotopic (exact) mass is 361 g/mol. The zero-order chi connectivity index (χ0) is 18.4. The molecule has 0 heterocycles. The fourth-order valence-corrected chi connectivity index (χ4v) is 5.86. The summed E-state index contributed by atoms with van der Waals surface area (Å²) in [6, 6.07) is 6.99. The van der Waals surface area contributed by atoms with Crippen molar-refractivity contribution in [2.45, 2.75) is 70.9 Å². The first kappa shape index (κ1) is 21.2. The van der Waals surface area contributed by atoms with Crippen molar-refractivity contribution < 1.29 is 17.6 Å². The molecule has 6 heteroatoms. The molecule has 2 N–H and O–H groups in total. The highest BCUT2D eigenvalue weighted by atomic mass is 28.4. The molecule has 0 spiro atoms. The van der Waals surface area contributed by atoms with Crippen molar-refractivity contribution >= 4 is 8.32 Å². The van der Waals surface area contributed by atoms with Crippen LogP contribution in [-0.2, 0) is 17.0 Å². The van der Waals surface area contributed by atoms with Crippen LogP contribution in [0, 0.1) is 0 Å². The maximum atomic E-state index is 13.3. The summed E-state index contributed by atoms with van der Waals surface area (Å²) < 4.78 is 46.0. The Kier molecular flexibility index (Phi) is 7.96. The summed E-state index contributed by atoms with van der Waals surface area (Å²) >= 11 is 0. The van der Waals surface area contributed by atoms with E-state index < -0.39 is 26.1 Å². The second-order valence-electron chi connectivity index (χ2n) is 6.36. The molecule has 0 amide bonds. The van der Waals surface area contributed by atoms with E-state index >= 15 is 0 Å². The lowest BCUT2D eigenvalue weighted by Crippen LogP contribution is -2.36. The molecule has 2 nitrogen and oxygen atoms in total. The van der Waals surface area contributed by atoms with E-state index in [4.69, 9.17) is 10.2 Å². The minimum Gasteiger partial charge on any atom is -0.417 e. The van der Waals surface area contributed by atoms with Gasteiger partial charge in [-0.1, -0.05) is 32.9 Å². The average Bonchev–Trinajstić information content (AvgIpc) is 2.54. The van der Waals surface area contributed by atoms with Gasteiger partial charge in [0.15, 0.2) is 8.32 Å². The fourth-order valence-electron chi connectivity index (χ4n) is 3.17. The van der Waals surface area contributed by atoms with Gasteiger partial charge in [-0.15, -0.1) is 0 Å². The molecule has 0 aromatic heterocycles. The number of hydrogen-bond acceptors (Lipinski definition) is 2. The molecule has 1 aromatic rings. The number of hydrogen-bond donors (Lipinski definition) is 1. The molecule has 0 aliphatic rings. The third-order valence-electron chi connectivity index (χ3n) is 4.92. The third-order valence-corrected chi connectivity index (χ3v) is 9.60. The van der Waals surface area contributed by atoms with Crippen molar-refractivity contribution in [3.8, 4) is 0 Å². The van der Waals surface area contributed by atoms with Gasteiger partial charge in [-0.25, -0.2) is 0 Å². The first-order chi connectivity index (χ1) is 11.2. The van der Waals surface area contributed by atoms with E-state index in [9.17, 15) is 13.2 Å². The van der Waals surface area contributed by atoms with E-state index in [-0.39, 0.29) is 0 Å². The van der Waals surface area contributed by atoms with E-state index in [1.807, 2.05) is 0 Å². The summed E-state index contributed by atoms with van der Waals surface area (Å²) in [5, 5.41) is 0. The maximum absolute atomic E-state index is 13.3. The van der Waals surface area contributed by atoms with E-state index in [1.165, 1.54) is 6.07 Å². The number of nitrogens with two attached hydrogens (primary N) is 1. The summed E-state index contributed by atoms with van der Waals surface area (Å²) in [5.74, 6) is 0. The Morgan fingerprint density at radius 2 is 1.71 bits per heavy atom. The topological polar surface area (TPSA) is 35.2 Å². The predicted octanol–water partition coefficient (Wildman–Crippen LogP) is 5.68. The lowest BCUT2D eigenvalue weighted by Gasteiger charge is -2.28. The smallest absolute Gasteiger partial charge is 0.416 e. The highest BCUT2D eigenvalue weighted by Gasteiger charge is 2.34. The standard InChI is InChI=1S/C18H30F3NOSi/c1-5-24(6-2,7-3)23-13-9-11-16-15(14(4)22)10-8-12-17(16)18(19,20)21/h8,10,12,14H,5-7,9,11,13,22H2,1-4H3. The van der Waals surface area contributed by atoms with Gasteiger partial charge >= 0.3 is 6.18 Å². The Morgan fingerprint density at radius 1 is 1.12 bits per heavy atom. The van der Waals surface area contributed by atoms with Crippen LogP contribution in [0.3, 0.4) is 0 Å². The summed E-state index contributed by atoms with van der Waals surface area (Å²) in [5.41, 5.74) is 6.20. The molecular weight excluding hydrogens is 331 g/mol. The molecule has 0 saturated carbocycles. The largest absolute Gasteiger partial charge is 0.417 e. The summed E-state index contributed by atoms with van der Waals surface area (Å²) in [7, 11) is -1.69. The molecule has 24 heavy (non-hydrogen) atoms. The van der Waals surface area contributed by atoms with Gasteiger partial charge in [0.05, 0.1) is 5.56 Å². The van der Waals surface area contributed by atoms with Gasteiger partial charge in [0.25, 0.3) is 0 Å². The number of rotatable bonds is 9. The molecular formula is C18H30F3NOSi. The second kappa shape index (κ2) is 9.01. The maximum Gasteiger partial charge on any atom is 0.416 e. The van der Waals surface area contributed by atoms with Crippen LogP contribution in [0.2, 0.25) is 18.1 Å². The van der Waals surface area contributed by atoms with Crippen LogP contribution in [0.15, 0.2) is 18.2 Å². The number of halogens is 3. The van der Waals surface area contributed by atoms with Crippen LogP contribution >= 0.6 is 0 Å². The Hall–Kier alpha value is -0.853. The van der Waals surface area contributed by atoms with Gasteiger partial charge in [-0.2, -0.15) is 13.2 Å². The van der Waals surface area contributed by atoms with E-state index in [0.29, 0.717) is 30.6 Å². The molecule has 0 bridgehead atoms. The average molecular weight is 362 g/mol. The zero-order valence-electron chi connectivity index (χ0n) is 15.2. The summed E-state index contributed by atoms with van der Waals surface area (Å²) in [6.07, 6.45) is -3.43. The third kappa shape index (κ3) is 5.33. The van der Waals surface area contributed by atoms with Gasteiger partial charge in [-0.05, 0) is 55.1 Å². The molecule has 0 fully saturated rings. The van der Waals surface area contributed by atoms with Crippen molar-refractivity contribution in [2.24, 2.45) is 5.73 Å². The Bertz CT molecular complexity index is 505. The first-order valence-corrected chi connectivity index (χ1v) is 11.3. The minimum absolute atomic E-state index is 0.320. The highest BCUT2D eigenvalue weighted by Crippen LogP contribution is 2.35. The molecule has 1 aromatic carbocycles. The highest BCUT2D eigenvalue weighted by molar-refractivity contribution is 6.73. The van der Waals surface area contributed by atoms with E-state index in [1.54, 1.807) is 13.0 Å². The predicted molar refractivity (Wildman–Crippen MR) is 95.5 cm³/mol. The number of alkyl halides is 3. The van der Waals surface area contributed by atoms with Crippen molar-refractivity contribution in [3.63, 3.8) is 0 Å². The first-order valence-electron chi connectivity index (χ1n) is 8.79. The van der Waals surface area contributed by atoms with Crippen molar-refractivity contribution in [1.29, 1.82) is 0 Å². The minimum atomic E-state index is -4.35.